The quantitative estimate of drug-likeness (QED) is 0.754. The number of hydrogen-bond donors (Lipinski definition) is 1. The van der Waals surface area contributed by atoms with Crippen LogP contribution < -0.4 is 10.1 Å². The third-order valence-electron chi connectivity index (χ3n) is 3.47. The highest BCUT2D eigenvalue weighted by atomic mass is 16.5. The molecule has 1 rings (SSSR count). The summed E-state index contributed by atoms with van der Waals surface area (Å²) in [5, 5.41) is 3.50. The van der Waals surface area contributed by atoms with Crippen LogP contribution in [0.3, 0.4) is 0 Å². The van der Waals surface area contributed by atoms with Crippen LogP contribution in [0.1, 0.15) is 32.8 Å². The van der Waals surface area contributed by atoms with Crippen LogP contribution in [0.4, 0.5) is 0 Å². The summed E-state index contributed by atoms with van der Waals surface area (Å²) in [7, 11) is 4.10. The highest BCUT2D eigenvalue weighted by Crippen LogP contribution is 2.15. The largest absolute Gasteiger partial charge is 0.492 e. The van der Waals surface area contributed by atoms with Crippen LogP contribution in [-0.4, -0.2) is 44.7 Å². The van der Waals surface area contributed by atoms with E-state index in [9.17, 15) is 0 Å². The number of likely N-dealkylation sites (N-methyl/N-ethyl adjacent to an activating group) is 1. The Morgan fingerprint density at radius 2 is 1.95 bits per heavy atom. The van der Waals surface area contributed by atoms with Crippen molar-refractivity contribution in [2.45, 2.75) is 33.2 Å². The molecule has 1 atom stereocenters. The topological polar surface area (TPSA) is 24.5 Å². The molecular weight excluding hydrogens is 260 g/mol. The Hall–Kier alpha value is -1.32. The van der Waals surface area contributed by atoms with E-state index in [0.29, 0.717) is 6.04 Å². The van der Waals surface area contributed by atoms with E-state index in [1.165, 1.54) is 11.1 Å². The van der Waals surface area contributed by atoms with Crippen molar-refractivity contribution < 1.29 is 4.74 Å². The van der Waals surface area contributed by atoms with Crippen molar-refractivity contribution in [3.8, 4) is 5.75 Å². The monoisotopic (exact) mass is 290 g/mol. The van der Waals surface area contributed by atoms with Gasteiger partial charge in [0, 0.05) is 12.6 Å². The molecule has 0 aromatic heterocycles. The molecule has 0 heterocycles. The number of nitrogens with zero attached hydrogens (tertiary/aromatic N) is 1. The molecule has 1 unspecified atom stereocenters. The van der Waals surface area contributed by atoms with Gasteiger partial charge in [0.2, 0.25) is 0 Å². The van der Waals surface area contributed by atoms with Crippen LogP contribution >= 0.6 is 0 Å². The molecule has 1 N–H and O–H groups in total. The maximum atomic E-state index is 5.70. The fourth-order valence-corrected chi connectivity index (χ4v) is 1.92. The van der Waals surface area contributed by atoms with Gasteiger partial charge in [-0.25, -0.2) is 0 Å². The van der Waals surface area contributed by atoms with Crippen LogP contribution in [0.5, 0.6) is 5.75 Å². The molecule has 1 aromatic rings. The first-order chi connectivity index (χ1) is 10.0. The van der Waals surface area contributed by atoms with E-state index in [-0.39, 0.29) is 0 Å². The molecule has 118 valence electrons. The average molecular weight is 290 g/mol. The summed E-state index contributed by atoms with van der Waals surface area (Å²) in [6.07, 6.45) is 3.40. The smallest absolute Gasteiger partial charge is 0.119 e. The molecule has 1 aromatic carbocycles. The van der Waals surface area contributed by atoms with Gasteiger partial charge in [0.25, 0.3) is 0 Å². The molecule has 3 heteroatoms. The van der Waals surface area contributed by atoms with Crippen molar-refractivity contribution in [2.24, 2.45) is 0 Å². The number of ether oxygens (including phenoxy) is 1. The molecule has 3 nitrogen and oxygen atoms in total. The Morgan fingerprint density at radius 3 is 2.52 bits per heavy atom. The fraction of sp³-hybridized carbons (Fsp3) is 0.556. The minimum absolute atomic E-state index is 0.418. The SMILES string of the molecule is CCCNC(C)/C(C)=C/c1ccc(OCCN(C)C)cc1. The van der Waals surface area contributed by atoms with Crippen molar-refractivity contribution in [1.82, 2.24) is 10.2 Å². The molecule has 0 aliphatic heterocycles. The van der Waals surface area contributed by atoms with E-state index in [1.807, 2.05) is 26.2 Å². The maximum absolute atomic E-state index is 5.70. The summed E-state index contributed by atoms with van der Waals surface area (Å²) in [4.78, 5) is 2.12. The third kappa shape index (κ3) is 7.30. The van der Waals surface area contributed by atoms with E-state index < -0.39 is 0 Å². The summed E-state index contributed by atoms with van der Waals surface area (Å²) >= 11 is 0. The van der Waals surface area contributed by atoms with Gasteiger partial charge in [0.1, 0.15) is 12.4 Å². The number of nitrogens with one attached hydrogen (secondary N) is 1. The second-order valence-electron chi connectivity index (χ2n) is 5.78. The number of hydrogen-bond acceptors (Lipinski definition) is 3. The van der Waals surface area contributed by atoms with E-state index in [4.69, 9.17) is 4.74 Å². The number of rotatable bonds is 9. The Morgan fingerprint density at radius 1 is 1.29 bits per heavy atom. The Bertz CT molecular complexity index is 423. The van der Waals surface area contributed by atoms with Crippen molar-refractivity contribution in [2.75, 3.05) is 33.8 Å². The Kier molecular flexibility index (Phi) is 8.09. The lowest BCUT2D eigenvalue weighted by atomic mass is 10.1. The number of benzene rings is 1. The van der Waals surface area contributed by atoms with Crippen LogP contribution in [0.2, 0.25) is 0 Å². The standard InChI is InChI=1S/C18H30N2O/c1-6-11-19-16(3)15(2)14-17-7-9-18(10-8-17)21-13-12-20(4)5/h7-10,14,16,19H,6,11-13H2,1-5H3/b15-14+. The summed E-state index contributed by atoms with van der Waals surface area (Å²) in [5.74, 6) is 0.934. The minimum atomic E-state index is 0.418. The fourth-order valence-electron chi connectivity index (χ4n) is 1.92. The van der Waals surface area contributed by atoms with Gasteiger partial charge < -0.3 is 15.0 Å². The predicted molar refractivity (Wildman–Crippen MR) is 91.9 cm³/mol. The van der Waals surface area contributed by atoms with E-state index in [2.05, 4.69) is 49.2 Å². The molecule has 0 saturated heterocycles. The summed E-state index contributed by atoms with van der Waals surface area (Å²) < 4.78 is 5.70. The Balaban J connectivity index is 2.53. The van der Waals surface area contributed by atoms with Crippen LogP contribution in [-0.2, 0) is 0 Å². The molecule has 0 spiro atoms. The van der Waals surface area contributed by atoms with Crippen molar-refractivity contribution in [1.29, 1.82) is 0 Å². The van der Waals surface area contributed by atoms with Gasteiger partial charge in [0.05, 0.1) is 0 Å². The predicted octanol–water partition coefficient (Wildman–Crippen LogP) is 3.42. The summed E-state index contributed by atoms with van der Waals surface area (Å²) in [5.41, 5.74) is 2.57. The van der Waals surface area contributed by atoms with Crippen LogP contribution in [0.25, 0.3) is 6.08 Å². The van der Waals surface area contributed by atoms with Gasteiger partial charge in [-0.3, -0.25) is 0 Å². The highest BCUT2D eigenvalue weighted by Gasteiger charge is 2.02. The van der Waals surface area contributed by atoms with E-state index in [1.54, 1.807) is 0 Å². The van der Waals surface area contributed by atoms with Gasteiger partial charge in [-0.1, -0.05) is 30.7 Å². The molecule has 0 aliphatic carbocycles. The van der Waals surface area contributed by atoms with Crippen molar-refractivity contribution >= 4 is 6.08 Å². The van der Waals surface area contributed by atoms with Crippen molar-refractivity contribution in [3.05, 3.63) is 35.4 Å². The average Bonchev–Trinajstić information content (AvgIpc) is 2.46. The lowest BCUT2D eigenvalue weighted by Gasteiger charge is -2.14. The van der Waals surface area contributed by atoms with Gasteiger partial charge in [0.15, 0.2) is 0 Å². The van der Waals surface area contributed by atoms with Gasteiger partial charge in [-0.2, -0.15) is 0 Å². The maximum Gasteiger partial charge on any atom is 0.119 e. The normalized spacial score (nSPS) is 13.5. The third-order valence-corrected chi connectivity index (χ3v) is 3.47. The zero-order valence-corrected chi connectivity index (χ0v) is 14.1. The molecule has 21 heavy (non-hydrogen) atoms. The van der Waals surface area contributed by atoms with Crippen LogP contribution in [0, 0.1) is 0 Å². The first-order valence-electron chi connectivity index (χ1n) is 7.82. The highest BCUT2D eigenvalue weighted by molar-refractivity contribution is 5.54. The molecule has 0 fully saturated rings. The Labute approximate surface area is 130 Å². The first-order valence-corrected chi connectivity index (χ1v) is 7.82. The summed E-state index contributed by atoms with van der Waals surface area (Å²) in [6, 6.07) is 8.72. The minimum Gasteiger partial charge on any atom is -0.492 e. The van der Waals surface area contributed by atoms with E-state index in [0.717, 1.165) is 31.9 Å². The van der Waals surface area contributed by atoms with Crippen LogP contribution in [0.15, 0.2) is 29.8 Å². The van der Waals surface area contributed by atoms with Gasteiger partial charge >= 0.3 is 0 Å². The van der Waals surface area contributed by atoms with E-state index >= 15 is 0 Å². The molecule has 0 saturated carbocycles. The molecule has 0 radical (unpaired) electrons. The molecule has 0 bridgehead atoms. The van der Waals surface area contributed by atoms with Gasteiger partial charge in [-0.15, -0.1) is 0 Å². The zero-order valence-electron chi connectivity index (χ0n) is 14.1. The molecule has 0 amide bonds. The second kappa shape index (κ2) is 9.59. The molecular formula is C18H30N2O. The summed E-state index contributed by atoms with van der Waals surface area (Å²) in [6.45, 7) is 9.29. The molecule has 0 aliphatic rings. The first kappa shape index (κ1) is 17.7. The van der Waals surface area contributed by atoms with Gasteiger partial charge in [-0.05, 0) is 58.6 Å². The second-order valence-corrected chi connectivity index (χ2v) is 5.78. The van der Waals surface area contributed by atoms with Crippen molar-refractivity contribution in [3.63, 3.8) is 0 Å². The zero-order chi connectivity index (χ0) is 15.7. The lowest BCUT2D eigenvalue weighted by Crippen LogP contribution is -2.27. The lowest BCUT2D eigenvalue weighted by molar-refractivity contribution is 0.261.